The van der Waals surface area contributed by atoms with Crippen molar-refractivity contribution in [1.29, 1.82) is 0 Å². The first-order valence-corrected chi connectivity index (χ1v) is 11.6. The maximum Gasteiger partial charge on any atom is 0.410 e. The number of hydrogen-bond acceptors (Lipinski definition) is 6. The molecule has 3 rings (SSSR count). The molecule has 0 spiro atoms. The molecule has 0 unspecified atom stereocenters. The van der Waals surface area contributed by atoms with Crippen molar-refractivity contribution in [3.8, 4) is 5.75 Å². The SMILES string of the molecule is CC(C)(C)OC(=O)N1CCC[C@H]1C(=O)C[C@@H](Cc1ccc(O)cc1)C(=O)OCc1ccccc1. The normalized spacial score (nSPS) is 16.7. The van der Waals surface area contributed by atoms with Crippen LogP contribution in [-0.2, 0) is 32.1 Å². The van der Waals surface area contributed by atoms with Gasteiger partial charge in [-0.3, -0.25) is 14.5 Å². The fourth-order valence-corrected chi connectivity index (χ4v) is 4.02. The van der Waals surface area contributed by atoms with E-state index in [1.54, 1.807) is 45.0 Å². The summed E-state index contributed by atoms with van der Waals surface area (Å²) in [6.07, 6.45) is 0.988. The number of hydrogen-bond donors (Lipinski definition) is 1. The molecule has 0 saturated carbocycles. The van der Waals surface area contributed by atoms with Gasteiger partial charge in [0, 0.05) is 13.0 Å². The number of nitrogens with zero attached hydrogens (tertiary/aromatic N) is 1. The van der Waals surface area contributed by atoms with Gasteiger partial charge in [-0.05, 0) is 63.3 Å². The molecule has 2 atom stereocenters. The van der Waals surface area contributed by atoms with Crippen LogP contribution in [0, 0.1) is 5.92 Å². The Labute approximate surface area is 200 Å². The van der Waals surface area contributed by atoms with Crippen molar-refractivity contribution in [3.63, 3.8) is 0 Å². The highest BCUT2D eigenvalue weighted by Gasteiger charge is 2.38. The van der Waals surface area contributed by atoms with Gasteiger partial charge in [0.15, 0.2) is 5.78 Å². The van der Waals surface area contributed by atoms with Crippen LogP contribution in [-0.4, -0.2) is 46.0 Å². The molecular formula is C27H33NO6. The summed E-state index contributed by atoms with van der Waals surface area (Å²) < 4.78 is 11.0. The number of benzene rings is 2. The van der Waals surface area contributed by atoms with Gasteiger partial charge in [0.1, 0.15) is 18.0 Å². The first kappa shape index (κ1) is 25.3. The summed E-state index contributed by atoms with van der Waals surface area (Å²) in [5.41, 5.74) is 1.01. The number of carbonyl (C=O) groups is 3. The quantitative estimate of drug-likeness (QED) is 0.568. The molecule has 0 bridgehead atoms. The van der Waals surface area contributed by atoms with Crippen LogP contribution < -0.4 is 0 Å². The van der Waals surface area contributed by atoms with E-state index in [4.69, 9.17) is 9.47 Å². The molecule has 0 aliphatic carbocycles. The molecule has 1 aliphatic heterocycles. The molecule has 7 nitrogen and oxygen atoms in total. The molecular weight excluding hydrogens is 434 g/mol. The highest BCUT2D eigenvalue weighted by atomic mass is 16.6. The maximum absolute atomic E-state index is 13.3. The molecule has 1 N–H and O–H groups in total. The minimum Gasteiger partial charge on any atom is -0.508 e. The van der Waals surface area contributed by atoms with Crippen LogP contribution in [0.4, 0.5) is 4.79 Å². The van der Waals surface area contributed by atoms with Gasteiger partial charge in [-0.2, -0.15) is 0 Å². The third kappa shape index (κ3) is 7.33. The van der Waals surface area contributed by atoms with E-state index in [1.807, 2.05) is 30.3 Å². The van der Waals surface area contributed by atoms with Gasteiger partial charge in [-0.25, -0.2) is 4.79 Å². The second kappa shape index (κ2) is 11.2. The fraction of sp³-hybridized carbons (Fsp3) is 0.444. The van der Waals surface area contributed by atoms with E-state index in [0.717, 1.165) is 11.1 Å². The van der Waals surface area contributed by atoms with Crippen LogP contribution in [0.2, 0.25) is 0 Å². The number of aromatic hydroxyl groups is 1. The zero-order valence-corrected chi connectivity index (χ0v) is 20.0. The molecule has 2 aromatic rings. The Morgan fingerprint density at radius 1 is 1.03 bits per heavy atom. The van der Waals surface area contributed by atoms with E-state index >= 15 is 0 Å². The average molecular weight is 468 g/mol. The van der Waals surface area contributed by atoms with Gasteiger partial charge in [0.25, 0.3) is 0 Å². The van der Waals surface area contributed by atoms with Crippen molar-refractivity contribution in [3.05, 3.63) is 65.7 Å². The van der Waals surface area contributed by atoms with E-state index in [-0.39, 0.29) is 24.6 Å². The van der Waals surface area contributed by atoms with Gasteiger partial charge >= 0.3 is 12.1 Å². The number of amides is 1. The van der Waals surface area contributed by atoms with Crippen molar-refractivity contribution in [1.82, 2.24) is 4.90 Å². The molecule has 0 aromatic heterocycles. The van der Waals surface area contributed by atoms with Gasteiger partial charge in [-0.1, -0.05) is 42.5 Å². The number of ketones is 1. The Kier molecular flexibility index (Phi) is 8.31. The van der Waals surface area contributed by atoms with E-state index in [2.05, 4.69) is 0 Å². The molecule has 2 aromatic carbocycles. The topological polar surface area (TPSA) is 93.1 Å². The Morgan fingerprint density at radius 3 is 2.35 bits per heavy atom. The van der Waals surface area contributed by atoms with Crippen molar-refractivity contribution >= 4 is 17.8 Å². The lowest BCUT2D eigenvalue weighted by Gasteiger charge is -2.28. The number of rotatable bonds is 8. The van der Waals surface area contributed by atoms with Crippen molar-refractivity contribution in [2.75, 3.05) is 6.54 Å². The Bertz CT molecular complexity index is 980. The fourth-order valence-electron chi connectivity index (χ4n) is 4.02. The summed E-state index contributed by atoms with van der Waals surface area (Å²) in [4.78, 5) is 40.4. The van der Waals surface area contributed by atoms with Crippen LogP contribution in [0.1, 0.15) is 51.2 Å². The van der Waals surface area contributed by atoms with Crippen LogP contribution >= 0.6 is 0 Å². The number of phenolic OH excluding ortho intramolecular Hbond substituents is 1. The minimum atomic E-state index is -0.707. The molecule has 1 saturated heterocycles. The molecule has 1 aliphatic rings. The van der Waals surface area contributed by atoms with Crippen LogP contribution in [0.3, 0.4) is 0 Å². The molecule has 1 amide bonds. The lowest BCUT2D eigenvalue weighted by Crippen LogP contribution is -2.44. The molecule has 1 fully saturated rings. The van der Waals surface area contributed by atoms with Gasteiger partial charge in [0.2, 0.25) is 0 Å². The van der Waals surface area contributed by atoms with Gasteiger partial charge < -0.3 is 14.6 Å². The number of ether oxygens (including phenoxy) is 2. The Balaban J connectivity index is 1.71. The largest absolute Gasteiger partial charge is 0.508 e. The summed E-state index contributed by atoms with van der Waals surface area (Å²) in [5, 5.41) is 9.57. The second-order valence-electron chi connectivity index (χ2n) is 9.66. The van der Waals surface area contributed by atoms with Crippen molar-refractivity contribution < 1.29 is 29.0 Å². The number of esters is 1. The van der Waals surface area contributed by atoms with Gasteiger partial charge in [-0.15, -0.1) is 0 Å². The predicted octanol–water partition coefficient (Wildman–Crippen LogP) is 4.65. The molecule has 34 heavy (non-hydrogen) atoms. The highest BCUT2D eigenvalue weighted by molar-refractivity contribution is 5.91. The smallest absolute Gasteiger partial charge is 0.410 e. The van der Waals surface area contributed by atoms with Crippen LogP contribution in [0.15, 0.2) is 54.6 Å². The summed E-state index contributed by atoms with van der Waals surface area (Å²) >= 11 is 0. The third-order valence-corrected chi connectivity index (χ3v) is 5.68. The summed E-state index contributed by atoms with van der Waals surface area (Å²) in [6, 6.07) is 15.3. The third-order valence-electron chi connectivity index (χ3n) is 5.68. The number of phenols is 1. The van der Waals surface area contributed by atoms with E-state index in [0.29, 0.717) is 25.8 Å². The highest BCUT2D eigenvalue weighted by Crippen LogP contribution is 2.25. The van der Waals surface area contributed by atoms with Crippen molar-refractivity contribution in [2.45, 2.75) is 64.7 Å². The van der Waals surface area contributed by atoms with Crippen LogP contribution in [0.25, 0.3) is 0 Å². The van der Waals surface area contributed by atoms with Crippen molar-refractivity contribution in [2.24, 2.45) is 5.92 Å². The van der Waals surface area contributed by atoms with Gasteiger partial charge in [0.05, 0.1) is 12.0 Å². The molecule has 7 heteroatoms. The van der Waals surface area contributed by atoms with Crippen LogP contribution in [0.5, 0.6) is 5.75 Å². The lowest BCUT2D eigenvalue weighted by molar-refractivity contribution is -0.151. The first-order chi connectivity index (χ1) is 16.1. The van der Waals surface area contributed by atoms with E-state index < -0.39 is 29.6 Å². The zero-order valence-electron chi connectivity index (χ0n) is 20.0. The Morgan fingerprint density at radius 2 is 1.71 bits per heavy atom. The summed E-state index contributed by atoms with van der Waals surface area (Å²) in [6.45, 7) is 5.93. The zero-order chi connectivity index (χ0) is 24.7. The average Bonchev–Trinajstić information content (AvgIpc) is 3.28. The monoisotopic (exact) mass is 467 g/mol. The summed E-state index contributed by atoms with van der Waals surface area (Å²) in [5.74, 6) is -1.22. The second-order valence-corrected chi connectivity index (χ2v) is 9.66. The molecule has 182 valence electrons. The molecule has 0 radical (unpaired) electrons. The van der Waals surface area contributed by atoms with E-state index in [9.17, 15) is 19.5 Å². The lowest BCUT2D eigenvalue weighted by atomic mass is 9.91. The first-order valence-electron chi connectivity index (χ1n) is 11.6. The molecule has 1 heterocycles. The number of likely N-dealkylation sites (tertiary alicyclic amines) is 1. The van der Waals surface area contributed by atoms with E-state index in [1.165, 1.54) is 4.90 Å². The number of Topliss-reactive ketones (excluding diaryl/α,β-unsaturated/α-hetero) is 1. The summed E-state index contributed by atoms with van der Waals surface area (Å²) in [7, 11) is 0. The predicted molar refractivity (Wildman–Crippen MR) is 127 cm³/mol. The minimum absolute atomic E-state index is 0.0432. The Hall–Kier alpha value is -3.35. The maximum atomic E-state index is 13.3. The number of carbonyl (C=O) groups excluding carboxylic acids is 3. The standard InChI is InChI=1S/C27H33NO6/c1-27(2,3)34-26(32)28-15-7-10-23(28)24(30)17-21(16-19-11-13-22(29)14-12-19)25(31)33-18-20-8-5-4-6-9-20/h4-6,8-9,11-14,21,23,29H,7,10,15-18H2,1-3H3/t21-,23+/m1/s1.